The molecule has 0 fully saturated rings. The van der Waals surface area contributed by atoms with Gasteiger partial charge in [0.1, 0.15) is 0 Å². The van der Waals surface area contributed by atoms with Crippen molar-refractivity contribution in [3.05, 3.63) is 57.3 Å². The predicted molar refractivity (Wildman–Crippen MR) is 82.7 cm³/mol. The topological polar surface area (TPSA) is 68.3 Å². The minimum Gasteiger partial charge on any atom is -0.465 e. The minimum absolute atomic E-state index is 0.221. The van der Waals surface area contributed by atoms with Crippen LogP contribution < -0.4 is 5.32 Å². The molecule has 0 saturated carbocycles. The number of benzene rings is 1. The molecule has 1 heterocycles. The highest BCUT2D eigenvalue weighted by atomic mass is 79.9. The number of carbonyl (C=O) groups excluding carboxylic acids is 2. The molecule has 0 saturated heterocycles. The van der Waals surface area contributed by atoms with Crippen LogP contribution in [0.1, 0.15) is 20.7 Å². The van der Waals surface area contributed by atoms with Crippen LogP contribution in [0.3, 0.4) is 0 Å². The lowest BCUT2D eigenvalue weighted by atomic mass is 10.1. The molecule has 1 aromatic heterocycles. The number of pyridine rings is 1. The Labute approximate surface area is 134 Å². The van der Waals surface area contributed by atoms with Gasteiger partial charge in [-0.3, -0.25) is 9.78 Å². The number of halogens is 2. The normalized spacial score (nSPS) is 10.0. The highest BCUT2D eigenvalue weighted by molar-refractivity contribution is 9.10. The Bertz CT molecular complexity index is 706. The van der Waals surface area contributed by atoms with E-state index in [1.807, 2.05) is 0 Å². The number of hydrogen-bond acceptors (Lipinski definition) is 4. The van der Waals surface area contributed by atoms with Gasteiger partial charge in [0.15, 0.2) is 0 Å². The monoisotopic (exact) mass is 368 g/mol. The smallest absolute Gasteiger partial charge is 0.339 e. The van der Waals surface area contributed by atoms with E-state index in [1.165, 1.54) is 25.4 Å². The van der Waals surface area contributed by atoms with E-state index >= 15 is 0 Å². The van der Waals surface area contributed by atoms with Crippen LogP contribution in [0, 0.1) is 0 Å². The van der Waals surface area contributed by atoms with Gasteiger partial charge >= 0.3 is 5.97 Å². The van der Waals surface area contributed by atoms with Gasteiger partial charge < -0.3 is 10.1 Å². The Balaban J connectivity index is 2.32. The molecule has 0 atom stereocenters. The number of methoxy groups -OCH3 is 1. The number of nitrogens with one attached hydrogen (secondary N) is 1. The zero-order chi connectivity index (χ0) is 15.4. The van der Waals surface area contributed by atoms with Crippen molar-refractivity contribution < 1.29 is 14.3 Å². The molecule has 5 nitrogen and oxygen atoms in total. The van der Waals surface area contributed by atoms with Crippen molar-refractivity contribution in [1.82, 2.24) is 4.98 Å². The maximum Gasteiger partial charge on any atom is 0.339 e. The van der Waals surface area contributed by atoms with Crippen LogP contribution in [-0.4, -0.2) is 24.0 Å². The second kappa shape index (κ2) is 6.69. The number of esters is 1. The number of ether oxygens (including phenoxy) is 1. The average molecular weight is 370 g/mol. The van der Waals surface area contributed by atoms with Gasteiger partial charge in [-0.1, -0.05) is 11.6 Å². The van der Waals surface area contributed by atoms with Gasteiger partial charge in [0.2, 0.25) is 0 Å². The molecule has 2 aromatic rings. The Hall–Kier alpha value is -1.92. The lowest BCUT2D eigenvalue weighted by Gasteiger charge is -2.10. The molecule has 7 heteroatoms. The van der Waals surface area contributed by atoms with E-state index in [2.05, 4.69) is 31.0 Å². The molecule has 1 aromatic carbocycles. The number of aromatic nitrogens is 1. The van der Waals surface area contributed by atoms with Crippen LogP contribution in [0.4, 0.5) is 5.69 Å². The summed E-state index contributed by atoms with van der Waals surface area (Å²) in [5.41, 5.74) is 0.845. The van der Waals surface area contributed by atoms with E-state index in [1.54, 1.807) is 18.3 Å². The number of anilines is 1. The van der Waals surface area contributed by atoms with Gasteiger partial charge in [-0.15, -0.1) is 0 Å². The number of carbonyl (C=O) groups is 2. The Morgan fingerprint density at radius 2 is 2.05 bits per heavy atom. The third kappa shape index (κ3) is 3.80. The van der Waals surface area contributed by atoms with E-state index in [9.17, 15) is 9.59 Å². The zero-order valence-electron chi connectivity index (χ0n) is 10.9. The first kappa shape index (κ1) is 15.5. The van der Waals surface area contributed by atoms with Gasteiger partial charge in [-0.25, -0.2) is 4.79 Å². The van der Waals surface area contributed by atoms with Crippen molar-refractivity contribution >= 4 is 45.1 Å². The van der Waals surface area contributed by atoms with E-state index in [4.69, 9.17) is 11.6 Å². The van der Waals surface area contributed by atoms with Crippen molar-refractivity contribution in [2.24, 2.45) is 0 Å². The van der Waals surface area contributed by atoms with Crippen molar-refractivity contribution in [2.75, 3.05) is 12.4 Å². The van der Waals surface area contributed by atoms with Crippen LogP contribution in [0.15, 0.2) is 41.1 Å². The molecule has 0 spiro atoms. The molecule has 0 aliphatic rings. The lowest BCUT2D eigenvalue weighted by molar-refractivity contribution is 0.0602. The lowest BCUT2D eigenvalue weighted by Crippen LogP contribution is -2.15. The number of rotatable bonds is 3. The van der Waals surface area contributed by atoms with Crippen molar-refractivity contribution in [2.45, 2.75) is 0 Å². The summed E-state index contributed by atoms with van der Waals surface area (Å²) in [6, 6.07) is 6.13. The molecule has 0 radical (unpaired) electrons. The van der Waals surface area contributed by atoms with Crippen LogP contribution in [-0.2, 0) is 4.74 Å². The summed E-state index contributed by atoms with van der Waals surface area (Å²) in [5, 5.41) is 3.02. The standard InChI is InChI=1S/C14H10BrClN2O3/c1-21-14(20)11-3-2-10(16)5-12(11)18-13(19)8-4-9(15)7-17-6-8/h2-7H,1H3,(H,18,19). The Morgan fingerprint density at radius 1 is 1.29 bits per heavy atom. The molecule has 0 unspecified atom stereocenters. The third-order valence-electron chi connectivity index (χ3n) is 2.60. The molecular formula is C14H10BrClN2O3. The molecule has 1 amide bonds. The minimum atomic E-state index is -0.561. The van der Waals surface area contributed by atoms with Gasteiger partial charge in [-0.05, 0) is 40.2 Å². The highest BCUT2D eigenvalue weighted by Gasteiger charge is 2.15. The van der Waals surface area contributed by atoms with Gasteiger partial charge in [0, 0.05) is 21.9 Å². The van der Waals surface area contributed by atoms with E-state index in [0.29, 0.717) is 15.1 Å². The second-order valence-corrected chi connectivity index (χ2v) is 5.38. The predicted octanol–water partition coefficient (Wildman–Crippen LogP) is 3.54. The van der Waals surface area contributed by atoms with E-state index < -0.39 is 11.9 Å². The molecule has 2 rings (SSSR count). The number of amides is 1. The van der Waals surface area contributed by atoms with Crippen molar-refractivity contribution in [1.29, 1.82) is 0 Å². The molecule has 0 aliphatic carbocycles. The summed E-state index contributed by atoms with van der Waals surface area (Å²) in [4.78, 5) is 27.8. The molecule has 108 valence electrons. The average Bonchev–Trinajstić information content (AvgIpc) is 2.46. The largest absolute Gasteiger partial charge is 0.465 e. The highest BCUT2D eigenvalue weighted by Crippen LogP contribution is 2.23. The van der Waals surface area contributed by atoms with Crippen LogP contribution >= 0.6 is 27.5 Å². The first-order valence-electron chi connectivity index (χ1n) is 5.81. The SMILES string of the molecule is COC(=O)c1ccc(Cl)cc1NC(=O)c1cncc(Br)c1. The molecular weight excluding hydrogens is 360 g/mol. The fraction of sp³-hybridized carbons (Fsp3) is 0.0714. The van der Waals surface area contributed by atoms with Crippen molar-refractivity contribution in [3.63, 3.8) is 0 Å². The quantitative estimate of drug-likeness (QED) is 0.840. The fourth-order valence-electron chi connectivity index (χ4n) is 1.64. The molecule has 21 heavy (non-hydrogen) atoms. The van der Waals surface area contributed by atoms with E-state index in [0.717, 1.165) is 0 Å². The summed E-state index contributed by atoms with van der Waals surface area (Å²) >= 11 is 9.13. The second-order valence-electron chi connectivity index (χ2n) is 4.03. The molecule has 0 bridgehead atoms. The first-order valence-corrected chi connectivity index (χ1v) is 6.98. The zero-order valence-corrected chi connectivity index (χ0v) is 13.2. The Kier molecular flexibility index (Phi) is 4.93. The summed E-state index contributed by atoms with van der Waals surface area (Å²) in [5.74, 6) is -0.967. The summed E-state index contributed by atoms with van der Waals surface area (Å²) in [6.07, 6.45) is 2.98. The maximum absolute atomic E-state index is 12.2. The van der Waals surface area contributed by atoms with Gasteiger partial charge in [0.25, 0.3) is 5.91 Å². The first-order chi connectivity index (χ1) is 10.0. The van der Waals surface area contributed by atoms with Crippen LogP contribution in [0.2, 0.25) is 5.02 Å². The van der Waals surface area contributed by atoms with Gasteiger partial charge in [-0.2, -0.15) is 0 Å². The van der Waals surface area contributed by atoms with Crippen molar-refractivity contribution in [3.8, 4) is 0 Å². The molecule has 1 N–H and O–H groups in total. The maximum atomic E-state index is 12.2. The number of hydrogen-bond donors (Lipinski definition) is 1. The van der Waals surface area contributed by atoms with E-state index in [-0.39, 0.29) is 11.3 Å². The summed E-state index contributed by atoms with van der Waals surface area (Å²) < 4.78 is 5.35. The van der Waals surface area contributed by atoms with Crippen LogP contribution in [0.5, 0.6) is 0 Å². The summed E-state index contributed by atoms with van der Waals surface area (Å²) in [7, 11) is 1.26. The number of nitrogens with zero attached hydrogens (tertiary/aromatic N) is 1. The van der Waals surface area contributed by atoms with Gasteiger partial charge in [0.05, 0.1) is 23.9 Å². The fourth-order valence-corrected chi connectivity index (χ4v) is 2.18. The molecule has 0 aliphatic heterocycles. The summed E-state index contributed by atoms with van der Waals surface area (Å²) in [6.45, 7) is 0. The Morgan fingerprint density at radius 3 is 2.71 bits per heavy atom. The third-order valence-corrected chi connectivity index (χ3v) is 3.27. The van der Waals surface area contributed by atoms with Crippen LogP contribution in [0.25, 0.3) is 0 Å².